The summed E-state index contributed by atoms with van der Waals surface area (Å²) in [5, 5.41) is 14.5. The molecule has 3 N–H and O–H groups in total. The van der Waals surface area contributed by atoms with Crippen molar-refractivity contribution >= 4 is 22.4 Å². The molecular weight excluding hydrogens is 352 g/mol. The molecule has 0 bridgehead atoms. The Kier molecular flexibility index (Phi) is 5.97. The highest BCUT2D eigenvalue weighted by Gasteiger charge is 2.26. The Morgan fingerprint density at radius 3 is 2.77 bits per heavy atom. The second-order valence-corrected chi connectivity index (χ2v) is 6.16. The van der Waals surface area contributed by atoms with Crippen LogP contribution in [0.2, 0.25) is 0 Å². The van der Waals surface area contributed by atoms with E-state index in [0.717, 1.165) is 10.2 Å². The molecule has 1 amide bonds. The molecule has 0 fully saturated rings. The summed E-state index contributed by atoms with van der Waals surface area (Å²) in [6.07, 6.45) is 5.21. The summed E-state index contributed by atoms with van der Waals surface area (Å²) in [6.45, 7) is 0.587. The van der Waals surface area contributed by atoms with E-state index in [2.05, 4.69) is 15.0 Å². The Labute approximate surface area is 154 Å². The molecule has 134 valence electrons. The average Bonchev–Trinajstić information content (AvgIpc) is 3.17. The molecule has 0 aliphatic heterocycles. The van der Waals surface area contributed by atoms with Gasteiger partial charge in [-0.3, -0.25) is 20.0 Å². The monoisotopic (exact) mass is 370 g/mol. The molecule has 0 spiro atoms. The molecule has 26 heavy (non-hydrogen) atoms. The number of aromatic nitrogens is 3. The first-order valence-electron chi connectivity index (χ1n) is 7.98. The van der Waals surface area contributed by atoms with Crippen LogP contribution < -0.4 is 10.7 Å². The van der Waals surface area contributed by atoms with Crippen molar-refractivity contribution in [2.75, 3.05) is 18.1 Å². The van der Waals surface area contributed by atoms with E-state index >= 15 is 0 Å². The van der Waals surface area contributed by atoms with E-state index in [-0.39, 0.29) is 6.54 Å². The molecule has 0 radical (unpaired) electrons. The summed E-state index contributed by atoms with van der Waals surface area (Å²) >= 11 is 1.24. The smallest absolute Gasteiger partial charge is 0.278 e. The number of hydrogen-bond donors (Lipinski definition) is 2. The van der Waals surface area contributed by atoms with Gasteiger partial charge in [-0.15, -0.1) is 11.3 Å². The van der Waals surface area contributed by atoms with Crippen molar-refractivity contribution in [3.63, 3.8) is 0 Å². The fourth-order valence-corrected chi connectivity index (χ4v) is 3.05. The van der Waals surface area contributed by atoms with Crippen LogP contribution >= 0.6 is 11.3 Å². The number of pyridine rings is 2. The number of carbonyl (C=O) groups excluding carboxylic acids is 1. The molecule has 0 saturated carbocycles. The molecule has 3 heterocycles. The first kappa shape index (κ1) is 18.1. The number of hydroxylamine groups is 1. The third-order valence-electron chi connectivity index (χ3n) is 3.49. The number of thiazole rings is 1. The molecule has 0 unspecified atom stereocenters. The molecule has 0 saturated heterocycles. The lowest BCUT2D eigenvalue weighted by Crippen LogP contribution is -2.45. The highest BCUT2D eigenvalue weighted by molar-refractivity contribution is 7.14. The molecule has 0 aromatic carbocycles. The Balaban J connectivity index is 1.93. The van der Waals surface area contributed by atoms with Crippen molar-refractivity contribution in [1.29, 1.82) is 0 Å². The summed E-state index contributed by atoms with van der Waals surface area (Å²) in [6, 6.07) is 8.80. The fraction of sp³-hybridized carbons (Fsp3) is 0.176. The predicted molar refractivity (Wildman–Crippen MR) is 98.6 cm³/mol. The Hall–Kier alpha value is -2.72. The van der Waals surface area contributed by atoms with Gasteiger partial charge in [0.1, 0.15) is 5.69 Å². The van der Waals surface area contributed by atoms with Crippen molar-refractivity contribution in [1.82, 2.24) is 20.1 Å². The molecule has 3 aromatic rings. The summed E-state index contributed by atoms with van der Waals surface area (Å²) in [7, 11) is 0. The van der Waals surface area contributed by atoms with E-state index in [1.807, 2.05) is 18.2 Å². The lowest BCUT2D eigenvalue weighted by Gasteiger charge is -2.27. The fourth-order valence-electron chi connectivity index (χ4n) is 2.23. The lowest BCUT2D eigenvalue weighted by molar-refractivity contribution is -0.0944. The highest BCUT2D eigenvalue weighted by atomic mass is 32.1. The maximum absolute atomic E-state index is 12.9. The van der Waals surface area contributed by atoms with Crippen LogP contribution in [-0.4, -0.2) is 44.3 Å². The third kappa shape index (κ3) is 4.09. The number of carbonyl (C=O) groups is 1. The third-order valence-corrected chi connectivity index (χ3v) is 4.31. The topological polar surface area (TPSA) is 108 Å². The van der Waals surface area contributed by atoms with E-state index in [4.69, 9.17) is 5.73 Å². The molecule has 0 aliphatic rings. The number of anilines is 1. The van der Waals surface area contributed by atoms with Crippen molar-refractivity contribution in [3.05, 3.63) is 59.9 Å². The molecule has 9 heteroatoms. The van der Waals surface area contributed by atoms with Gasteiger partial charge in [0.2, 0.25) is 5.13 Å². The van der Waals surface area contributed by atoms with Gasteiger partial charge in [0.05, 0.1) is 11.3 Å². The number of nitrogens with zero attached hydrogens (tertiary/aromatic N) is 5. The standard InChI is InChI=1S/C17H18N6O2S/c18-7-4-10-22(25)23(16(24)13-5-3-8-19-11-13)17-21-15(12-26-17)14-6-1-2-9-20-14/h1-3,5-6,8-9,11-12,25H,4,7,10,18H2. The van der Waals surface area contributed by atoms with Crippen LogP contribution in [-0.2, 0) is 0 Å². The minimum absolute atomic E-state index is 0.195. The van der Waals surface area contributed by atoms with Gasteiger partial charge in [-0.05, 0) is 37.2 Å². The SMILES string of the molecule is NCCCN(O)N(C(=O)c1cccnc1)c1nc(-c2ccccn2)cs1. The van der Waals surface area contributed by atoms with Gasteiger partial charge in [-0.2, -0.15) is 5.01 Å². The molecular formula is C17H18N6O2S. The van der Waals surface area contributed by atoms with E-state index < -0.39 is 5.91 Å². The van der Waals surface area contributed by atoms with Gasteiger partial charge >= 0.3 is 0 Å². The molecule has 0 atom stereocenters. The maximum atomic E-state index is 12.9. The van der Waals surface area contributed by atoms with E-state index in [9.17, 15) is 10.0 Å². The zero-order valence-corrected chi connectivity index (χ0v) is 14.7. The summed E-state index contributed by atoms with van der Waals surface area (Å²) in [5.41, 5.74) is 7.17. The van der Waals surface area contributed by atoms with E-state index in [1.54, 1.807) is 29.9 Å². The molecule has 0 aliphatic carbocycles. The van der Waals surface area contributed by atoms with Gasteiger partial charge in [0.15, 0.2) is 0 Å². The minimum atomic E-state index is -0.431. The van der Waals surface area contributed by atoms with Crippen LogP contribution in [0.15, 0.2) is 54.3 Å². The lowest BCUT2D eigenvalue weighted by atomic mass is 10.2. The normalized spacial score (nSPS) is 10.9. The Bertz CT molecular complexity index is 843. The largest absolute Gasteiger partial charge is 0.330 e. The summed E-state index contributed by atoms with van der Waals surface area (Å²) in [5.74, 6) is -0.431. The number of nitrogens with two attached hydrogens (primary N) is 1. The van der Waals surface area contributed by atoms with Gasteiger partial charge in [0, 0.05) is 30.5 Å². The van der Waals surface area contributed by atoms with E-state index in [0.29, 0.717) is 35.0 Å². The second kappa shape index (κ2) is 8.59. The number of hydrazine groups is 1. The van der Waals surface area contributed by atoms with Crippen molar-refractivity contribution in [2.45, 2.75) is 6.42 Å². The Morgan fingerprint density at radius 1 is 1.19 bits per heavy atom. The summed E-state index contributed by atoms with van der Waals surface area (Å²) in [4.78, 5) is 25.6. The van der Waals surface area contributed by atoms with Gasteiger partial charge in [-0.1, -0.05) is 11.2 Å². The zero-order chi connectivity index (χ0) is 18.4. The number of amides is 1. The number of rotatable bonds is 7. The molecule has 3 rings (SSSR count). The number of hydrogen-bond acceptors (Lipinski definition) is 8. The highest BCUT2D eigenvalue weighted by Crippen LogP contribution is 2.28. The zero-order valence-electron chi connectivity index (χ0n) is 13.9. The van der Waals surface area contributed by atoms with Crippen LogP contribution in [0, 0.1) is 0 Å². The first-order valence-corrected chi connectivity index (χ1v) is 8.86. The Morgan fingerprint density at radius 2 is 2.08 bits per heavy atom. The summed E-state index contributed by atoms with van der Waals surface area (Å²) < 4.78 is 0. The molecule has 3 aromatic heterocycles. The minimum Gasteiger partial charge on any atom is -0.330 e. The average molecular weight is 370 g/mol. The van der Waals surface area contributed by atoms with Crippen molar-refractivity contribution in [2.24, 2.45) is 5.73 Å². The van der Waals surface area contributed by atoms with E-state index in [1.165, 1.54) is 17.5 Å². The first-order chi connectivity index (χ1) is 12.7. The molecule has 8 nitrogen and oxygen atoms in total. The van der Waals surface area contributed by atoms with Gasteiger partial charge < -0.3 is 5.73 Å². The van der Waals surface area contributed by atoms with Crippen molar-refractivity contribution < 1.29 is 10.0 Å². The second-order valence-electron chi connectivity index (χ2n) is 5.33. The van der Waals surface area contributed by atoms with Crippen LogP contribution in [0.3, 0.4) is 0 Å². The quantitative estimate of drug-likeness (QED) is 0.614. The van der Waals surface area contributed by atoms with Crippen LogP contribution in [0.5, 0.6) is 0 Å². The van der Waals surface area contributed by atoms with Crippen LogP contribution in [0.25, 0.3) is 11.4 Å². The van der Waals surface area contributed by atoms with Gasteiger partial charge in [0.25, 0.3) is 5.91 Å². The van der Waals surface area contributed by atoms with Crippen LogP contribution in [0.4, 0.5) is 5.13 Å². The predicted octanol–water partition coefficient (Wildman–Crippen LogP) is 2.20. The van der Waals surface area contributed by atoms with Gasteiger partial charge in [-0.25, -0.2) is 4.98 Å². The maximum Gasteiger partial charge on any atom is 0.278 e. The van der Waals surface area contributed by atoms with Crippen LogP contribution in [0.1, 0.15) is 16.8 Å². The van der Waals surface area contributed by atoms with Crippen molar-refractivity contribution in [3.8, 4) is 11.4 Å².